The second-order valence-electron chi connectivity index (χ2n) is 12.9. The van der Waals surface area contributed by atoms with E-state index in [2.05, 4.69) is 65.6 Å². The highest BCUT2D eigenvalue weighted by Gasteiger charge is 2.75. The minimum atomic E-state index is -1.86. The molecule has 1 aliphatic carbocycles. The molecule has 2 fully saturated rings. The summed E-state index contributed by atoms with van der Waals surface area (Å²) >= 11 is 0. The number of carbonyl (C=O) groups is 1. The maximum atomic E-state index is 13.0. The molecule has 2 saturated heterocycles. The normalized spacial score (nSPS) is 24.9. The molecule has 260 valence electrons. The Kier molecular flexibility index (Phi) is 8.29. The van der Waals surface area contributed by atoms with Gasteiger partial charge in [-0.05, 0) is 53.8 Å². The Hall–Kier alpha value is -4.49. The average molecular weight is 680 g/mol. The van der Waals surface area contributed by atoms with Crippen LogP contribution in [0.2, 0.25) is 0 Å². The fourth-order valence-corrected chi connectivity index (χ4v) is 8.57. The standard InChI is InChI=1S/C39H41N3O8/c1-4-46-36(47-5-2)24-19-31-34(33(20-24)49-23-45-3)30(22-48-37(40)43)39(44)35-32(21-41(31)50-39)42(35)38(25-13-7-6-8-14-25)28-17-11-9-15-26(28)27-16-10-12-18-29(27)38/h6-20,30,32,35-36,44H,4-5,21-23H2,1-3H3,(H2,40,43)/t30-,32-,35-,39+,42?/m0/s1. The van der Waals surface area contributed by atoms with Crippen molar-refractivity contribution in [2.75, 3.05) is 45.3 Å². The molecule has 1 unspecified atom stereocenters. The van der Waals surface area contributed by atoms with Crippen molar-refractivity contribution in [3.05, 3.63) is 119 Å². The molecule has 4 aromatic carbocycles. The molecule has 4 aromatic rings. The first-order valence-electron chi connectivity index (χ1n) is 17.1. The minimum Gasteiger partial charge on any atom is -0.467 e. The summed E-state index contributed by atoms with van der Waals surface area (Å²) < 4.78 is 29.0. The van der Waals surface area contributed by atoms with Gasteiger partial charge in [0.25, 0.3) is 0 Å². The first-order chi connectivity index (χ1) is 24.4. The number of anilines is 1. The van der Waals surface area contributed by atoms with E-state index in [9.17, 15) is 9.90 Å². The molecule has 2 bridgehead atoms. The van der Waals surface area contributed by atoms with Crippen LogP contribution in [0, 0.1) is 0 Å². The fraction of sp³-hybridized carbons (Fsp3) is 0.359. The summed E-state index contributed by atoms with van der Waals surface area (Å²) in [5.41, 5.74) is 12.3. The molecule has 0 spiro atoms. The van der Waals surface area contributed by atoms with Gasteiger partial charge in [-0.2, -0.15) is 0 Å². The van der Waals surface area contributed by atoms with Crippen molar-refractivity contribution in [3.63, 3.8) is 0 Å². The van der Waals surface area contributed by atoms with Crippen molar-refractivity contribution in [1.29, 1.82) is 0 Å². The number of amides is 1. The molecule has 3 aliphatic heterocycles. The van der Waals surface area contributed by atoms with Gasteiger partial charge in [0.15, 0.2) is 13.1 Å². The van der Waals surface area contributed by atoms with Crippen LogP contribution in [-0.4, -0.2) is 74.2 Å². The first-order valence-corrected chi connectivity index (χ1v) is 17.1. The number of nitrogens with two attached hydrogens (primary N) is 1. The van der Waals surface area contributed by atoms with Crippen molar-refractivity contribution in [1.82, 2.24) is 4.90 Å². The molecule has 8 rings (SSSR count). The van der Waals surface area contributed by atoms with Gasteiger partial charge < -0.3 is 34.5 Å². The van der Waals surface area contributed by atoms with Gasteiger partial charge in [-0.25, -0.2) is 14.7 Å². The summed E-state index contributed by atoms with van der Waals surface area (Å²) in [5, 5.41) is 14.8. The van der Waals surface area contributed by atoms with Crippen molar-refractivity contribution in [2.45, 2.75) is 49.5 Å². The lowest BCUT2D eigenvalue weighted by Crippen LogP contribution is -2.60. The number of benzene rings is 4. The molecule has 0 saturated carbocycles. The molecule has 11 nitrogen and oxygen atoms in total. The highest BCUT2D eigenvalue weighted by Crippen LogP contribution is 2.65. The largest absolute Gasteiger partial charge is 0.467 e. The van der Waals surface area contributed by atoms with Gasteiger partial charge in [-0.1, -0.05) is 78.9 Å². The molecule has 11 heteroatoms. The van der Waals surface area contributed by atoms with Crippen LogP contribution in [0.1, 0.15) is 53.9 Å². The quantitative estimate of drug-likeness (QED) is 0.149. The molecule has 0 radical (unpaired) electrons. The highest BCUT2D eigenvalue weighted by atomic mass is 16.8. The monoisotopic (exact) mass is 679 g/mol. The SMILES string of the molecule is CCOC(OCC)c1cc(OCOC)c2c(c1)N1C[C@H]3[C@H](N3C3(c4ccccc4)c4ccccc4-c4ccccc43)[C@](O)(O1)[C@H]2COC(N)=O. The highest BCUT2D eigenvalue weighted by molar-refractivity contribution is 5.84. The number of nitrogens with zero attached hydrogens (tertiary/aromatic N) is 2. The molecule has 50 heavy (non-hydrogen) atoms. The molecule has 3 N–H and O–H groups in total. The van der Waals surface area contributed by atoms with Crippen molar-refractivity contribution < 1.29 is 38.4 Å². The van der Waals surface area contributed by atoms with E-state index in [0.717, 1.165) is 27.8 Å². The second kappa shape index (κ2) is 12.7. The molecular weight excluding hydrogens is 638 g/mol. The van der Waals surface area contributed by atoms with Crippen molar-refractivity contribution in [2.24, 2.45) is 5.73 Å². The lowest BCUT2D eigenvalue weighted by Gasteiger charge is -2.48. The Balaban J connectivity index is 1.32. The zero-order valence-corrected chi connectivity index (χ0v) is 28.3. The Morgan fingerprint density at radius 2 is 1.60 bits per heavy atom. The van der Waals surface area contributed by atoms with E-state index < -0.39 is 35.7 Å². The number of methoxy groups -OCH3 is 1. The maximum absolute atomic E-state index is 13.0. The third kappa shape index (κ3) is 4.84. The van der Waals surface area contributed by atoms with E-state index in [1.807, 2.05) is 44.2 Å². The van der Waals surface area contributed by atoms with Crippen LogP contribution in [0.4, 0.5) is 10.5 Å². The number of rotatable bonds is 12. The van der Waals surface area contributed by atoms with Crippen LogP contribution in [0.25, 0.3) is 11.1 Å². The molecule has 0 aromatic heterocycles. The average Bonchev–Trinajstić information content (AvgIpc) is 3.79. The lowest BCUT2D eigenvalue weighted by molar-refractivity contribution is -0.251. The number of hydrogen-bond acceptors (Lipinski definition) is 10. The zero-order valence-electron chi connectivity index (χ0n) is 28.3. The van der Waals surface area contributed by atoms with Gasteiger partial charge in [0.2, 0.25) is 5.79 Å². The van der Waals surface area contributed by atoms with Gasteiger partial charge in [-0.15, -0.1) is 0 Å². The molecule has 1 amide bonds. The van der Waals surface area contributed by atoms with E-state index in [1.165, 1.54) is 7.11 Å². The number of ether oxygens (including phenoxy) is 5. The van der Waals surface area contributed by atoms with Gasteiger partial charge in [0.05, 0.1) is 35.8 Å². The number of hydrogen-bond donors (Lipinski definition) is 2. The van der Waals surface area contributed by atoms with Crippen LogP contribution in [0.3, 0.4) is 0 Å². The van der Waals surface area contributed by atoms with Crippen LogP contribution in [0.15, 0.2) is 91.0 Å². The van der Waals surface area contributed by atoms with Crippen LogP contribution in [0.5, 0.6) is 5.75 Å². The Labute approximate surface area is 291 Å². The van der Waals surface area contributed by atoms with E-state index >= 15 is 0 Å². The van der Waals surface area contributed by atoms with E-state index in [-0.39, 0.29) is 19.4 Å². The van der Waals surface area contributed by atoms with Crippen molar-refractivity contribution in [3.8, 4) is 16.9 Å². The zero-order chi connectivity index (χ0) is 34.6. The minimum absolute atomic E-state index is 0.0601. The summed E-state index contributed by atoms with van der Waals surface area (Å²) in [5.74, 6) is -2.32. The molecular formula is C39H41N3O8. The van der Waals surface area contributed by atoms with Crippen LogP contribution < -0.4 is 15.5 Å². The molecule has 4 aliphatic rings. The predicted molar refractivity (Wildman–Crippen MR) is 184 cm³/mol. The summed E-state index contributed by atoms with van der Waals surface area (Å²) in [6, 6.07) is 30.4. The van der Waals surface area contributed by atoms with Gasteiger partial charge >= 0.3 is 6.09 Å². The summed E-state index contributed by atoms with van der Waals surface area (Å²) in [6.07, 6.45) is -1.63. The second-order valence-corrected chi connectivity index (χ2v) is 12.9. The topological polar surface area (TPSA) is 125 Å². The number of hydroxylamine groups is 1. The summed E-state index contributed by atoms with van der Waals surface area (Å²) in [6.45, 7) is 4.78. The lowest BCUT2D eigenvalue weighted by atomic mass is 9.79. The van der Waals surface area contributed by atoms with Crippen LogP contribution >= 0.6 is 0 Å². The van der Waals surface area contributed by atoms with Crippen LogP contribution in [-0.2, 0) is 29.3 Å². The number of primary amides is 1. The maximum Gasteiger partial charge on any atom is 0.404 e. The Morgan fingerprint density at radius 1 is 0.960 bits per heavy atom. The van der Waals surface area contributed by atoms with E-state index in [4.69, 9.17) is 34.3 Å². The molecule has 5 atom stereocenters. The number of carbonyl (C=O) groups excluding carboxylic acids is 1. The van der Waals surface area contributed by atoms with E-state index in [1.54, 1.807) is 5.06 Å². The first kappa shape index (κ1) is 32.7. The van der Waals surface area contributed by atoms with Gasteiger partial charge in [-0.3, -0.25) is 4.90 Å². The third-order valence-corrected chi connectivity index (χ3v) is 10.4. The smallest absolute Gasteiger partial charge is 0.404 e. The third-order valence-electron chi connectivity index (χ3n) is 10.4. The number of fused-ring (bicyclic) bond motifs is 9. The van der Waals surface area contributed by atoms with Crippen molar-refractivity contribution >= 4 is 11.8 Å². The summed E-state index contributed by atoms with van der Waals surface area (Å²) in [4.78, 5) is 21.1. The van der Waals surface area contributed by atoms with Gasteiger partial charge in [0.1, 0.15) is 12.4 Å². The Morgan fingerprint density at radius 3 is 2.22 bits per heavy atom. The number of aliphatic hydroxyl groups is 1. The Bertz CT molecular complexity index is 1850. The molecule has 3 heterocycles. The van der Waals surface area contributed by atoms with Gasteiger partial charge in [0, 0.05) is 31.5 Å². The predicted octanol–water partition coefficient (Wildman–Crippen LogP) is 5.40. The van der Waals surface area contributed by atoms with E-state index in [0.29, 0.717) is 42.3 Å². The fourth-order valence-electron chi connectivity index (χ4n) is 8.57. The summed E-state index contributed by atoms with van der Waals surface area (Å²) in [7, 11) is 1.54.